The highest BCUT2D eigenvalue weighted by molar-refractivity contribution is 7.00. The first-order chi connectivity index (χ1) is 33.8. The van der Waals surface area contributed by atoms with Gasteiger partial charge in [-0.1, -0.05) is 178 Å². The predicted octanol–water partition coefficient (Wildman–Crippen LogP) is 13.9. The van der Waals surface area contributed by atoms with Crippen LogP contribution in [0.5, 0.6) is 0 Å². The Bertz CT molecular complexity index is 3430. The molecule has 0 saturated heterocycles. The molecule has 0 aromatic heterocycles. The van der Waals surface area contributed by atoms with E-state index in [9.17, 15) is 0 Å². The molecule has 5 heteroatoms. The Morgan fingerprint density at radius 2 is 1.21 bits per heavy atom. The van der Waals surface area contributed by atoms with Gasteiger partial charge in [0.25, 0.3) is 6.71 Å². The molecule has 4 aliphatic heterocycles. The summed E-state index contributed by atoms with van der Waals surface area (Å²) in [5, 5.41) is 1.46. The summed E-state index contributed by atoms with van der Waals surface area (Å²) in [5.41, 5.74) is 24.0. The van der Waals surface area contributed by atoms with E-state index in [0.717, 1.165) is 19.3 Å². The molecule has 4 atom stereocenters. The van der Waals surface area contributed by atoms with Crippen molar-refractivity contribution in [2.24, 2.45) is 0 Å². The zero-order valence-corrected chi connectivity index (χ0v) is 45.1. The van der Waals surface area contributed by atoms with E-state index in [2.05, 4.69) is 230 Å². The van der Waals surface area contributed by atoms with Crippen molar-refractivity contribution >= 4 is 82.7 Å². The van der Waals surface area contributed by atoms with Crippen molar-refractivity contribution in [3.63, 3.8) is 0 Å². The summed E-state index contributed by atoms with van der Waals surface area (Å²) < 4.78 is 0. The molecule has 0 spiro atoms. The van der Waals surface area contributed by atoms with Crippen LogP contribution in [0.1, 0.15) is 135 Å². The van der Waals surface area contributed by atoms with Crippen LogP contribution in [0.25, 0.3) is 11.1 Å². The third kappa shape index (κ3) is 5.87. The minimum absolute atomic E-state index is 0.0198. The lowest BCUT2D eigenvalue weighted by molar-refractivity contribution is 0.195. The molecule has 1 fully saturated rings. The molecule has 4 unspecified atom stereocenters. The van der Waals surface area contributed by atoms with E-state index in [0.29, 0.717) is 0 Å². The first kappa shape index (κ1) is 45.0. The van der Waals surface area contributed by atoms with Crippen LogP contribution >= 0.6 is 0 Å². The number of anilines is 7. The summed E-state index contributed by atoms with van der Waals surface area (Å²) in [7, 11) is -1.03. The fraction of sp³-hybridized carbons (Fsp3) is 0.348. The van der Waals surface area contributed by atoms with Gasteiger partial charge in [0.1, 0.15) is 0 Å². The average Bonchev–Trinajstić information content (AvgIpc) is 3.70. The second-order valence-electron chi connectivity index (χ2n) is 25.3. The second kappa shape index (κ2) is 14.8. The SMILES string of the molecule is C=[Si](C)c1cc2c3c(c1)C1(C)CCCCC1(C)N3c1cc(N3c4ccccc4C4(C)CCc5ccccc5C34C)cc3c1B2c1ccc(C(C)(C)C)cc1N3c1ccc(C(C)(C)C)cc1-c1ccccc1. The van der Waals surface area contributed by atoms with Gasteiger partial charge in [-0.2, -0.15) is 0 Å². The number of hydrogen-bond acceptors (Lipinski definition) is 3. The van der Waals surface area contributed by atoms with E-state index in [1.165, 1.54) is 120 Å². The van der Waals surface area contributed by atoms with Gasteiger partial charge in [0.2, 0.25) is 0 Å². The molecule has 0 radical (unpaired) electrons. The maximum Gasteiger partial charge on any atom is 0.252 e. The number of hydrogen-bond donors (Lipinski definition) is 0. The second-order valence-corrected chi connectivity index (χ2v) is 27.5. The lowest BCUT2D eigenvalue weighted by atomic mass is 9.33. The van der Waals surface area contributed by atoms with Gasteiger partial charge in [-0.15, -0.1) is 6.17 Å². The molecular weight excluding hydrogens is 874 g/mol. The van der Waals surface area contributed by atoms with Crippen molar-refractivity contribution in [2.75, 3.05) is 14.7 Å². The molecular formula is C66H70BN3Si. The van der Waals surface area contributed by atoms with Gasteiger partial charge < -0.3 is 14.7 Å². The van der Waals surface area contributed by atoms with Crippen LogP contribution in [0.15, 0.2) is 140 Å². The molecule has 1 saturated carbocycles. The van der Waals surface area contributed by atoms with Crippen molar-refractivity contribution in [2.45, 2.75) is 147 Å². The molecule has 2 aliphatic carbocycles. The van der Waals surface area contributed by atoms with E-state index in [-0.39, 0.29) is 39.5 Å². The van der Waals surface area contributed by atoms with Crippen LogP contribution in [-0.2, 0) is 33.6 Å². The summed E-state index contributed by atoms with van der Waals surface area (Å²) in [4.78, 5) is 8.50. The number of para-hydroxylation sites is 1. The normalized spacial score (nSPS) is 24.4. The summed E-state index contributed by atoms with van der Waals surface area (Å²) in [6.07, 6.45) is 11.8. The number of aryl methyl sites for hydroxylation is 1. The number of fused-ring (bicyclic) bond motifs is 12. The van der Waals surface area contributed by atoms with Gasteiger partial charge in [-0.05, 0) is 147 Å². The molecule has 4 heterocycles. The monoisotopic (exact) mass is 944 g/mol. The number of nitrogens with zero attached hydrogens (tertiary/aromatic N) is 3. The Balaban J connectivity index is 1.20. The molecule has 0 amide bonds. The molecule has 7 aromatic rings. The fourth-order valence-electron chi connectivity index (χ4n) is 15.1. The highest BCUT2D eigenvalue weighted by Gasteiger charge is 2.63. The smallest absolute Gasteiger partial charge is 0.252 e. The lowest BCUT2D eigenvalue weighted by Gasteiger charge is -2.54. The van der Waals surface area contributed by atoms with Crippen molar-refractivity contribution < 1.29 is 0 Å². The Morgan fingerprint density at radius 3 is 1.96 bits per heavy atom. The highest BCUT2D eigenvalue weighted by atomic mass is 28.2. The first-order valence-corrected chi connectivity index (χ1v) is 29.0. The van der Waals surface area contributed by atoms with Crippen LogP contribution in [0.3, 0.4) is 0 Å². The van der Waals surface area contributed by atoms with Gasteiger partial charge >= 0.3 is 0 Å². The lowest BCUT2D eigenvalue weighted by Crippen LogP contribution is -2.65. The van der Waals surface area contributed by atoms with E-state index in [4.69, 9.17) is 6.17 Å². The van der Waals surface area contributed by atoms with Crippen LogP contribution < -0.4 is 36.3 Å². The fourth-order valence-corrected chi connectivity index (χ4v) is 15.9. The molecule has 3 nitrogen and oxygen atoms in total. The standard InChI is InChI=1S/C66H70BN3Si/c1-61(2,3)44-29-31-54(48(36-44)42-22-14-13-15-23-42)68-56-37-45(62(4,5)6)28-30-52(56)67-53-41-47(71(11)12)40-51-60(53)70(65(9)34-21-20-33-63(51,65)7)58-39-46(38-57(68)59(58)67)69-55-27-19-18-26-50(55)64(8)35-32-43-24-16-17-25-49(43)66(64,69)10/h13-19,22-31,36-41H,11,20-21,32-35H2,1-10,12H3. The molecule has 356 valence electrons. The van der Waals surface area contributed by atoms with Crippen LogP contribution in [-0.4, -0.2) is 26.8 Å². The van der Waals surface area contributed by atoms with Crippen LogP contribution in [0, 0.1) is 0 Å². The Morgan fingerprint density at radius 1 is 0.549 bits per heavy atom. The summed E-state index contributed by atoms with van der Waals surface area (Å²) in [6.45, 7) is 27.0. The predicted molar refractivity (Wildman–Crippen MR) is 308 cm³/mol. The molecule has 0 bridgehead atoms. The molecule has 13 rings (SSSR count). The van der Waals surface area contributed by atoms with E-state index < -0.39 is 8.41 Å². The van der Waals surface area contributed by atoms with Gasteiger partial charge in [0.05, 0.1) is 16.8 Å². The Labute approximate surface area is 426 Å². The van der Waals surface area contributed by atoms with Crippen LogP contribution in [0.2, 0.25) is 6.55 Å². The third-order valence-corrected chi connectivity index (χ3v) is 20.8. The number of benzene rings is 7. The summed E-state index contributed by atoms with van der Waals surface area (Å²) in [5.74, 6) is 0. The van der Waals surface area contributed by atoms with Crippen molar-refractivity contribution in [1.82, 2.24) is 0 Å². The summed E-state index contributed by atoms with van der Waals surface area (Å²) >= 11 is 0. The molecule has 6 aliphatic rings. The van der Waals surface area contributed by atoms with Gasteiger partial charge in [0, 0.05) is 58.9 Å². The van der Waals surface area contributed by atoms with Crippen molar-refractivity contribution in [1.29, 1.82) is 0 Å². The highest BCUT2D eigenvalue weighted by Crippen LogP contribution is 2.66. The van der Waals surface area contributed by atoms with Gasteiger partial charge in [0.15, 0.2) is 0 Å². The Hall–Kier alpha value is -5.91. The van der Waals surface area contributed by atoms with Crippen LogP contribution in [0.4, 0.5) is 39.8 Å². The first-order valence-electron chi connectivity index (χ1n) is 26.7. The van der Waals surface area contributed by atoms with E-state index >= 15 is 0 Å². The van der Waals surface area contributed by atoms with Crippen molar-refractivity contribution in [3.05, 3.63) is 173 Å². The zero-order chi connectivity index (χ0) is 49.4. The minimum Gasteiger partial charge on any atom is -0.335 e. The number of rotatable bonds is 4. The molecule has 0 N–H and O–H groups in total. The van der Waals surface area contributed by atoms with Gasteiger partial charge in [-0.3, -0.25) is 0 Å². The van der Waals surface area contributed by atoms with Crippen molar-refractivity contribution in [3.8, 4) is 11.1 Å². The maximum atomic E-state index is 4.82. The largest absolute Gasteiger partial charge is 0.335 e. The van der Waals surface area contributed by atoms with E-state index in [1.54, 1.807) is 5.56 Å². The zero-order valence-electron chi connectivity index (χ0n) is 44.1. The summed E-state index contributed by atoms with van der Waals surface area (Å²) in [6, 6.07) is 55.6. The molecule has 7 aromatic carbocycles. The minimum atomic E-state index is -1.03. The Kier molecular flexibility index (Phi) is 9.41. The van der Waals surface area contributed by atoms with E-state index in [1.807, 2.05) is 0 Å². The quantitative estimate of drug-likeness (QED) is 0.163. The molecule has 71 heavy (non-hydrogen) atoms. The van der Waals surface area contributed by atoms with Gasteiger partial charge in [-0.25, -0.2) is 0 Å². The maximum absolute atomic E-state index is 4.82. The topological polar surface area (TPSA) is 9.72 Å². The average molecular weight is 944 g/mol. The third-order valence-electron chi connectivity index (χ3n) is 19.5.